The van der Waals surface area contributed by atoms with E-state index in [9.17, 15) is 19.2 Å². The van der Waals surface area contributed by atoms with Crippen molar-refractivity contribution in [2.24, 2.45) is 13.0 Å². The summed E-state index contributed by atoms with van der Waals surface area (Å²) in [7, 11) is 3.13. The summed E-state index contributed by atoms with van der Waals surface area (Å²) >= 11 is 1.44. The molecule has 3 aromatic rings. The molecule has 272 valence electrons. The molecule has 2 aliphatic carbocycles. The number of thiophene rings is 1. The molecule has 0 radical (unpaired) electrons. The Hall–Kier alpha value is -4.53. The van der Waals surface area contributed by atoms with Crippen LogP contribution in [0.5, 0.6) is 5.88 Å². The third kappa shape index (κ3) is 7.30. The first-order chi connectivity index (χ1) is 24.6. The van der Waals surface area contributed by atoms with Gasteiger partial charge in [0.05, 0.1) is 24.9 Å². The van der Waals surface area contributed by atoms with Gasteiger partial charge in [-0.2, -0.15) is 10.1 Å². The van der Waals surface area contributed by atoms with Crippen LogP contribution >= 0.6 is 11.3 Å². The summed E-state index contributed by atoms with van der Waals surface area (Å²) in [6, 6.07) is 1.91. The van der Waals surface area contributed by atoms with Gasteiger partial charge in [-0.1, -0.05) is 25.0 Å². The predicted molar refractivity (Wildman–Crippen MR) is 188 cm³/mol. The molecule has 3 amide bonds. The van der Waals surface area contributed by atoms with Gasteiger partial charge in [-0.3, -0.25) is 14.3 Å². The average Bonchev–Trinajstić information content (AvgIpc) is 3.68. The van der Waals surface area contributed by atoms with E-state index in [0.29, 0.717) is 36.5 Å². The highest BCUT2D eigenvalue weighted by atomic mass is 32.1. The maximum atomic E-state index is 14.5. The Morgan fingerprint density at radius 3 is 2.65 bits per heavy atom. The van der Waals surface area contributed by atoms with Crippen LogP contribution in [0.15, 0.2) is 29.7 Å². The second-order valence-electron chi connectivity index (χ2n) is 14.1. The largest absolute Gasteiger partial charge is 0.471 e. The molecule has 1 saturated heterocycles. The lowest BCUT2D eigenvalue weighted by Gasteiger charge is -2.29. The smallest absolute Gasteiger partial charge is 0.408 e. The Bertz CT molecular complexity index is 1830. The summed E-state index contributed by atoms with van der Waals surface area (Å²) in [6.45, 7) is 1.96. The van der Waals surface area contributed by atoms with Crippen molar-refractivity contribution in [2.45, 2.75) is 107 Å². The van der Waals surface area contributed by atoms with Crippen LogP contribution in [0.3, 0.4) is 0 Å². The van der Waals surface area contributed by atoms with E-state index in [1.165, 1.54) is 23.3 Å². The van der Waals surface area contributed by atoms with E-state index in [1.54, 1.807) is 4.68 Å². The second-order valence-corrected chi connectivity index (χ2v) is 15.0. The standard InChI is InChI=1S/C36H45N7O7S/c1-21-17-27(42(2)41-21)30-37-25-15-16-51-29(25)32(39-30)49-24-18-28-31(44)40-36(34(46)48-3)19-22(36)11-7-5-4-6-8-14-26(33(45)43(28)20-24)38-35(47)50-23-12-9-10-13-23/h7,11,15-17,22-24,26,28H,4-6,8-10,12-14,18-20H2,1-3H3,(H,38,47)(H,40,44)/b11-7-/t22-,24+,26-,28-,36+/m0/s1. The molecule has 51 heavy (non-hydrogen) atoms. The van der Waals surface area contributed by atoms with Crippen molar-refractivity contribution in [3.63, 3.8) is 0 Å². The van der Waals surface area contributed by atoms with Crippen LogP contribution in [0.1, 0.15) is 76.3 Å². The van der Waals surface area contributed by atoms with Gasteiger partial charge in [-0.05, 0) is 75.8 Å². The summed E-state index contributed by atoms with van der Waals surface area (Å²) < 4.78 is 19.8. The number of amides is 3. The molecule has 2 N–H and O–H groups in total. The molecule has 3 aromatic heterocycles. The van der Waals surface area contributed by atoms with Crippen LogP contribution in [-0.2, 0) is 30.9 Å². The molecule has 5 atom stereocenters. The number of carbonyl (C=O) groups is 4. The molecule has 0 spiro atoms. The van der Waals surface area contributed by atoms with Crippen molar-refractivity contribution in [2.75, 3.05) is 13.7 Å². The minimum Gasteiger partial charge on any atom is -0.471 e. The number of nitrogens with zero attached hydrogens (tertiary/aromatic N) is 5. The molecule has 15 heteroatoms. The van der Waals surface area contributed by atoms with E-state index in [-0.39, 0.29) is 25.0 Å². The van der Waals surface area contributed by atoms with E-state index < -0.39 is 47.6 Å². The molecule has 0 bridgehead atoms. The van der Waals surface area contributed by atoms with Crippen LogP contribution < -0.4 is 15.4 Å². The number of alkyl carbamates (subject to hydrolysis) is 1. The van der Waals surface area contributed by atoms with Gasteiger partial charge < -0.3 is 29.7 Å². The quantitative estimate of drug-likeness (QED) is 0.276. The minimum atomic E-state index is -1.20. The monoisotopic (exact) mass is 719 g/mol. The maximum absolute atomic E-state index is 14.5. The number of methoxy groups -OCH3 is 1. The normalized spacial score (nSPS) is 27.9. The Morgan fingerprint density at radius 1 is 1.08 bits per heavy atom. The van der Waals surface area contributed by atoms with Crippen LogP contribution in [-0.4, -0.2) is 92.0 Å². The first-order valence-corrected chi connectivity index (χ1v) is 18.8. The zero-order valence-corrected chi connectivity index (χ0v) is 30.1. The molecular weight excluding hydrogens is 675 g/mol. The fraction of sp³-hybridized carbons (Fsp3) is 0.583. The van der Waals surface area contributed by atoms with Gasteiger partial charge >= 0.3 is 12.1 Å². The number of hydrogen-bond donors (Lipinski definition) is 2. The van der Waals surface area contributed by atoms with Crippen molar-refractivity contribution in [1.29, 1.82) is 0 Å². The highest BCUT2D eigenvalue weighted by molar-refractivity contribution is 7.17. The van der Waals surface area contributed by atoms with Gasteiger partial charge in [-0.15, -0.1) is 11.3 Å². The molecule has 0 unspecified atom stereocenters. The molecule has 2 saturated carbocycles. The maximum Gasteiger partial charge on any atom is 0.408 e. The van der Waals surface area contributed by atoms with E-state index in [0.717, 1.165) is 61.0 Å². The zero-order chi connectivity index (χ0) is 35.7. The number of aromatic nitrogens is 4. The van der Waals surface area contributed by atoms with E-state index in [1.807, 2.05) is 43.6 Å². The fourth-order valence-electron chi connectivity index (χ4n) is 7.66. The first-order valence-electron chi connectivity index (χ1n) is 17.9. The number of aryl methyl sites for hydroxylation is 2. The summed E-state index contributed by atoms with van der Waals surface area (Å²) in [5.41, 5.74) is 1.05. The lowest BCUT2D eigenvalue weighted by Crippen LogP contribution is -2.56. The van der Waals surface area contributed by atoms with Gasteiger partial charge in [0.25, 0.3) is 0 Å². The van der Waals surface area contributed by atoms with Gasteiger partial charge in [0.1, 0.15) is 40.2 Å². The number of fused-ring (bicyclic) bond motifs is 3. The van der Waals surface area contributed by atoms with Gasteiger partial charge in [0, 0.05) is 19.4 Å². The average molecular weight is 720 g/mol. The molecule has 2 aliphatic heterocycles. The predicted octanol–water partition coefficient (Wildman–Crippen LogP) is 4.35. The van der Waals surface area contributed by atoms with Gasteiger partial charge in [-0.25, -0.2) is 14.6 Å². The summed E-state index contributed by atoms with van der Waals surface area (Å²) in [5.74, 6) is -0.818. The molecule has 7 rings (SSSR count). The molecule has 14 nitrogen and oxygen atoms in total. The van der Waals surface area contributed by atoms with Crippen LogP contribution in [0.2, 0.25) is 0 Å². The molecule has 3 fully saturated rings. The van der Waals surface area contributed by atoms with Crippen molar-refractivity contribution in [3.8, 4) is 17.4 Å². The van der Waals surface area contributed by atoms with Crippen LogP contribution in [0.25, 0.3) is 21.7 Å². The third-order valence-electron chi connectivity index (χ3n) is 10.4. The Labute approximate surface area is 300 Å². The van der Waals surface area contributed by atoms with Crippen LogP contribution in [0, 0.1) is 12.8 Å². The van der Waals surface area contributed by atoms with Gasteiger partial charge in [0.15, 0.2) is 5.82 Å². The fourth-order valence-corrected chi connectivity index (χ4v) is 8.42. The highest BCUT2D eigenvalue weighted by Gasteiger charge is 2.62. The third-order valence-corrected chi connectivity index (χ3v) is 11.3. The SMILES string of the molecule is COC(=O)[C@@]12C[C@@H]1/C=C\CCCCC[C@H](NC(=O)OC1CCCC1)C(=O)N1C[C@H](Oc3nc(-c4cc(C)nn4C)nc4ccsc34)C[C@H]1C(=O)N2. The Kier molecular flexibility index (Phi) is 9.99. The van der Waals surface area contributed by atoms with Crippen molar-refractivity contribution in [3.05, 3.63) is 35.4 Å². The number of carbonyl (C=O) groups excluding carboxylic acids is 4. The molecule has 0 aromatic carbocycles. The highest BCUT2D eigenvalue weighted by Crippen LogP contribution is 2.46. The first kappa shape index (κ1) is 34.9. The summed E-state index contributed by atoms with van der Waals surface area (Å²) in [6.07, 6.45) is 10.4. The van der Waals surface area contributed by atoms with E-state index in [2.05, 4.69) is 15.7 Å². The van der Waals surface area contributed by atoms with E-state index >= 15 is 0 Å². The van der Waals surface area contributed by atoms with Crippen molar-refractivity contribution < 1.29 is 33.4 Å². The number of nitrogens with one attached hydrogen (secondary N) is 2. The zero-order valence-electron chi connectivity index (χ0n) is 29.3. The van der Waals surface area contributed by atoms with Crippen molar-refractivity contribution in [1.82, 2.24) is 35.3 Å². The van der Waals surface area contributed by atoms with Crippen LogP contribution in [0.4, 0.5) is 4.79 Å². The molecular formula is C36H45N7O7S. The Balaban J connectivity index is 1.19. The van der Waals surface area contributed by atoms with Gasteiger partial charge in [0.2, 0.25) is 17.7 Å². The summed E-state index contributed by atoms with van der Waals surface area (Å²) in [4.78, 5) is 65.9. The minimum absolute atomic E-state index is 0.0678. The second kappa shape index (κ2) is 14.6. The Morgan fingerprint density at radius 2 is 1.88 bits per heavy atom. The number of rotatable bonds is 6. The number of esters is 1. The lowest BCUT2D eigenvalue weighted by molar-refractivity contribution is -0.148. The van der Waals surface area contributed by atoms with E-state index in [4.69, 9.17) is 24.2 Å². The summed E-state index contributed by atoms with van der Waals surface area (Å²) in [5, 5.41) is 12.2. The number of allylic oxidation sites excluding steroid dienone is 1. The van der Waals surface area contributed by atoms with Crippen molar-refractivity contribution >= 4 is 45.4 Å². The number of ether oxygens (including phenoxy) is 3. The number of hydrogen-bond acceptors (Lipinski definition) is 11. The topological polar surface area (TPSA) is 167 Å². The lowest BCUT2D eigenvalue weighted by atomic mass is 10.0. The molecule has 5 heterocycles. The molecule has 4 aliphatic rings.